The predicted octanol–water partition coefficient (Wildman–Crippen LogP) is 9.01. The average Bonchev–Trinajstić information content (AvgIpc) is 3.08. The summed E-state index contributed by atoms with van der Waals surface area (Å²) in [5, 5.41) is 0. The number of hydrogen-bond acceptors (Lipinski definition) is 15. The maximum absolute atomic E-state index is 12.2. The molecule has 0 bridgehead atoms. The number of benzene rings is 2. The number of ether oxygens (including phenoxy) is 4. The first kappa shape index (κ1) is 43.4. The van der Waals surface area contributed by atoms with Crippen LogP contribution in [0.1, 0.15) is 26.7 Å². The van der Waals surface area contributed by atoms with Gasteiger partial charge in [0.25, 0.3) is 0 Å². The van der Waals surface area contributed by atoms with Crippen LogP contribution >= 0.6 is 82.3 Å². The minimum atomic E-state index is -0.501. The van der Waals surface area contributed by atoms with E-state index in [1.807, 2.05) is 0 Å². The van der Waals surface area contributed by atoms with Crippen LogP contribution < -0.4 is 0 Å². The van der Waals surface area contributed by atoms with Crippen LogP contribution in [-0.4, -0.2) is 86.8 Å². The molecule has 0 atom stereocenters. The van der Waals surface area contributed by atoms with Crippen LogP contribution in [0.3, 0.4) is 0 Å². The number of hydrogen-bond donors (Lipinski definition) is 0. The molecule has 0 amide bonds. The molecular formula is C34H42O8S7. The van der Waals surface area contributed by atoms with Gasteiger partial charge in [-0.05, 0) is 63.1 Å². The zero-order valence-corrected chi connectivity index (χ0v) is 34.2. The van der Waals surface area contributed by atoms with Gasteiger partial charge in [0.05, 0.1) is 12.8 Å². The van der Waals surface area contributed by atoms with Crippen molar-refractivity contribution in [2.75, 3.05) is 63.0 Å². The third-order valence-corrected chi connectivity index (χ3v) is 12.9. The van der Waals surface area contributed by atoms with Crippen LogP contribution in [0.4, 0.5) is 0 Å². The van der Waals surface area contributed by atoms with Gasteiger partial charge in [-0.15, -0.1) is 70.6 Å². The van der Waals surface area contributed by atoms with E-state index in [-0.39, 0.29) is 51.2 Å². The smallest absolute Gasteiger partial charge is 0.333 e. The van der Waals surface area contributed by atoms with Crippen LogP contribution in [-0.2, 0) is 38.1 Å². The highest BCUT2D eigenvalue weighted by Gasteiger charge is 2.19. The Balaban J connectivity index is 2.03. The molecule has 0 N–H and O–H groups in total. The van der Waals surface area contributed by atoms with Crippen molar-refractivity contribution >= 4 is 106 Å². The van der Waals surface area contributed by atoms with Gasteiger partial charge in [-0.1, -0.05) is 24.9 Å². The second kappa shape index (κ2) is 23.7. The first-order chi connectivity index (χ1) is 23.4. The third-order valence-electron chi connectivity index (χ3n) is 6.08. The van der Waals surface area contributed by atoms with Gasteiger partial charge in [-0.2, -0.15) is 0 Å². The Morgan fingerprint density at radius 3 is 1.14 bits per heavy atom. The van der Waals surface area contributed by atoms with Gasteiger partial charge in [0, 0.05) is 61.8 Å². The van der Waals surface area contributed by atoms with Crippen LogP contribution in [0.15, 0.2) is 87.7 Å². The fourth-order valence-corrected chi connectivity index (χ4v) is 10.4. The molecule has 0 saturated carbocycles. The van der Waals surface area contributed by atoms with Crippen molar-refractivity contribution < 1.29 is 38.1 Å². The minimum absolute atomic E-state index is 0.00535. The molecule has 0 fully saturated rings. The molecule has 0 radical (unpaired) electrons. The van der Waals surface area contributed by atoms with Crippen LogP contribution in [0.2, 0.25) is 0 Å². The van der Waals surface area contributed by atoms with Crippen molar-refractivity contribution in [2.24, 2.45) is 0 Å². The van der Waals surface area contributed by atoms with E-state index >= 15 is 0 Å². The Hall–Kier alpha value is -1.75. The van der Waals surface area contributed by atoms with E-state index in [0.717, 1.165) is 29.4 Å². The van der Waals surface area contributed by atoms with Crippen molar-refractivity contribution in [2.45, 2.75) is 65.9 Å². The maximum Gasteiger partial charge on any atom is 0.333 e. The van der Waals surface area contributed by atoms with E-state index in [4.69, 9.17) is 18.9 Å². The molecule has 2 aromatic carbocycles. The lowest BCUT2D eigenvalue weighted by atomic mass is 10.3. The fraction of sp³-hybridized carbons (Fsp3) is 0.412. The van der Waals surface area contributed by atoms with Crippen molar-refractivity contribution in [1.29, 1.82) is 0 Å². The summed E-state index contributed by atoms with van der Waals surface area (Å²) in [6, 6.07) is 8.69. The summed E-state index contributed by atoms with van der Waals surface area (Å²) in [6.45, 7) is 10.2. The zero-order chi connectivity index (χ0) is 36.3. The van der Waals surface area contributed by atoms with Crippen LogP contribution in [0.5, 0.6) is 0 Å². The lowest BCUT2D eigenvalue weighted by Gasteiger charge is -2.18. The van der Waals surface area contributed by atoms with Gasteiger partial charge >= 0.3 is 23.9 Å². The van der Waals surface area contributed by atoms with Crippen molar-refractivity contribution in [1.82, 2.24) is 0 Å². The number of carbonyl (C=O) groups excluding carboxylic acids is 4. The second-order valence-corrected chi connectivity index (χ2v) is 16.6. The van der Waals surface area contributed by atoms with E-state index in [1.54, 1.807) is 96.2 Å². The van der Waals surface area contributed by atoms with Gasteiger partial charge in [-0.25, -0.2) is 9.59 Å². The average molecular weight is 803 g/mol. The molecule has 49 heavy (non-hydrogen) atoms. The van der Waals surface area contributed by atoms with Gasteiger partial charge in [0.15, 0.2) is 0 Å². The summed E-state index contributed by atoms with van der Waals surface area (Å²) in [4.78, 5) is 56.4. The Morgan fingerprint density at radius 2 is 0.857 bits per heavy atom. The SMILES string of the molecule is C=C(C)C(=O)OCCOC(=O)CCSc1cc(SC)c(Sc2c(SC)cc(SCCC(=O)OCCOC(=O)C(=C)C)cc2SC)c(SC)c1. The molecule has 0 aliphatic rings. The Bertz CT molecular complexity index is 1340. The van der Waals surface area contributed by atoms with E-state index in [9.17, 15) is 19.2 Å². The molecule has 15 heteroatoms. The third kappa shape index (κ3) is 15.6. The van der Waals surface area contributed by atoms with Gasteiger partial charge in [0.1, 0.15) is 26.4 Å². The monoisotopic (exact) mass is 802 g/mol. The summed E-state index contributed by atoms with van der Waals surface area (Å²) in [6.07, 6.45) is 8.76. The van der Waals surface area contributed by atoms with E-state index < -0.39 is 11.9 Å². The molecular weight excluding hydrogens is 761 g/mol. The topological polar surface area (TPSA) is 105 Å². The molecule has 0 heterocycles. The van der Waals surface area contributed by atoms with E-state index in [1.165, 1.54) is 9.79 Å². The normalized spacial score (nSPS) is 10.7. The van der Waals surface area contributed by atoms with Gasteiger partial charge < -0.3 is 18.9 Å². The number of carbonyl (C=O) groups is 4. The molecule has 0 aromatic heterocycles. The summed E-state index contributed by atoms with van der Waals surface area (Å²) in [5.41, 5.74) is 0.604. The molecule has 0 unspecified atom stereocenters. The Labute approximate surface area is 319 Å². The van der Waals surface area contributed by atoms with Crippen molar-refractivity contribution in [3.05, 3.63) is 48.6 Å². The van der Waals surface area contributed by atoms with E-state index in [0.29, 0.717) is 22.7 Å². The second-order valence-electron chi connectivity index (χ2n) is 9.89. The quantitative estimate of drug-likeness (QED) is 0.0372. The first-order valence-electron chi connectivity index (χ1n) is 14.9. The molecule has 0 aliphatic carbocycles. The molecule has 2 aromatic rings. The molecule has 2 rings (SSSR count). The number of esters is 4. The van der Waals surface area contributed by atoms with Crippen molar-refractivity contribution in [3.8, 4) is 0 Å². The highest BCUT2D eigenvalue weighted by molar-refractivity contribution is 8.05. The van der Waals surface area contributed by atoms with Crippen LogP contribution in [0.25, 0.3) is 0 Å². The number of thioether (sulfide) groups is 6. The summed E-state index contributed by atoms with van der Waals surface area (Å²) < 4.78 is 20.3. The minimum Gasteiger partial charge on any atom is -0.462 e. The largest absolute Gasteiger partial charge is 0.462 e. The lowest BCUT2D eigenvalue weighted by molar-refractivity contribution is -0.149. The Morgan fingerprint density at radius 1 is 0.551 bits per heavy atom. The summed E-state index contributed by atoms with van der Waals surface area (Å²) in [5.74, 6) is -0.550. The predicted molar refractivity (Wildman–Crippen MR) is 208 cm³/mol. The van der Waals surface area contributed by atoms with Gasteiger partial charge in [-0.3, -0.25) is 9.59 Å². The zero-order valence-electron chi connectivity index (χ0n) is 28.5. The van der Waals surface area contributed by atoms with E-state index in [2.05, 4.69) is 62.4 Å². The van der Waals surface area contributed by atoms with Crippen LogP contribution in [0, 0.1) is 0 Å². The summed E-state index contributed by atoms with van der Waals surface area (Å²) in [7, 11) is 0. The van der Waals surface area contributed by atoms with Crippen molar-refractivity contribution in [3.63, 3.8) is 0 Å². The molecule has 8 nitrogen and oxygen atoms in total. The fourth-order valence-electron chi connectivity index (χ4n) is 3.66. The standard InChI is InChI=1S/C34H42O8S7/c1-21(2)33(37)41-13-11-39-29(35)9-15-47-23-17-25(43-5)31(26(18-23)44-6)49-32-27(45-7)19-24(20-28(32)46-8)48-16-10-30(36)40-12-14-42-34(38)22(3)4/h17-20H,1,3,9-16H2,2,4-8H3. The van der Waals surface area contributed by atoms with Gasteiger partial charge in [0.2, 0.25) is 0 Å². The molecule has 0 spiro atoms. The summed E-state index contributed by atoms with van der Waals surface area (Å²) >= 11 is 11.7. The highest BCUT2D eigenvalue weighted by atomic mass is 32.2. The maximum atomic E-state index is 12.2. The molecule has 268 valence electrons. The molecule has 0 aliphatic heterocycles. The Kier molecular flexibility index (Phi) is 21.0. The number of rotatable bonds is 22. The lowest BCUT2D eigenvalue weighted by Crippen LogP contribution is -2.14. The highest BCUT2D eigenvalue weighted by Crippen LogP contribution is 2.49. The first-order valence-corrected chi connectivity index (χ1v) is 22.5. The molecule has 0 saturated heterocycles.